The highest BCUT2D eigenvalue weighted by Gasteiger charge is 2.24. The van der Waals surface area contributed by atoms with E-state index in [9.17, 15) is 0 Å². The number of hydrogen-bond acceptors (Lipinski definition) is 4. The highest BCUT2D eigenvalue weighted by Crippen LogP contribution is 2.31. The molecule has 2 aliphatic rings. The molecule has 0 unspecified atom stereocenters. The van der Waals surface area contributed by atoms with Crippen LogP contribution in [0, 0.1) is 0 Å². The van der Waals surface area contributed by atoms with Crippen molar-refractivity contribution in [2.24, 2.45) is 0 Å². The second-order valence-electron chi connectivity index (χ2n) is 7.29. The van der Waals surface area contributed by atoms with Gasteiger partial charge in [-0.3, -0.25) is 14.9 Å². The summed E-state index contributed by atoms with van der Waals surface area (Å²) in [5, 5.41) is 1.20. The number of benzene rings is 1. The van der Waals surface area contributed by atoms with Gasteiger partial charge >= 0.3 is 0 Å². The third-order valence-electron chi connectivity index (χ3n) is 5.55. The van der Waals surface area contributed by atoms with E-state index in [2.05, 4.69) is 58.4 Å². The number of para-hydroxylation sites is 1. The standard InChI is InChI=1S/C23H23N3O/c1-2-4-22-18(3-1)5-6-19(25-22)8-12-26-15-21-20(7-11-24-23(21)16-26)17-9-13-27-14-10-17/h1-7,9,11H,8,10,12-16H2. The zero-order valence-corrected chi connectivity index (χ0v) is 15.4. The van der Waals surface area contributed by atoms with Gasteiger partial charge < -0.3 is 4.74 Å². The van der Waals surface area contributed by atoms with Crippen LogP contribution < -0.4 is 0 Å². The molecule has 0 atom stereocenters. The Kier molecular flexibility index (Phi) is 4.44. The van der Waals surface area contributed by atoms with Gasteiger partial charge in [0.25, 0.3) is 0 Å². The van der Waals surface area contributed by atoms with E-state index in [0.29, 0.717) is 0 Å². The Morgan fingerprint density at radius 2 is 2.00 bits per heavy atom. The summed E-state index contributed by atoms with van der Waals surface area (Å²) in [6.45, 7) is 4.46. The Labute approximate surface area is 159 Å². The fraction of sp³-hybridized carbons (Fsp3) is 0.304. The minimum Gasteiger partial charge on any atom is -0.377 e. The molecular formula is C23H23N3O. The Morgan fingerprint density at radius 3 is 2.93 bits per heavy atom. The molecule has 0 amide bonds. The van der Waals surface area contributed by atoms with Crippen LogP contribution in [0.5, 0.6) is 0 Å². The summed E-state index contributed by atoms with van der Waals surface area (Å²) < 4.78 is 5.47. The van der Waals surface area contributed by atoms with Crippen LogP contribution >= 0.6 is 0 Å². The maximum absolute atomic E-state index is 5.47. The van der Waals surface area contributed by atoms with Crippen LogP contribution in [0.3, 0.4) is 0 Å². The van der Waals surface area contributed by atoms with Gasteiger partial charge in [0, 0.05) is 43.3 Å². The van der Waals surface area contributed by atoms with E-state index in [0.717, 1.165) is 56.9 Å². The van der Waals surface area contributed by atoms with E-state index < -0.39 is 0 Å². The molecule has 2 aliphatic heterocycles. The van der Waals surface area contributed by atoms with Crippen LogP contribution in [-0.4, -0.2) is 34.6 Å². The molecule has 0 N–H and O–H groups in total. The molecule has 136 valence electrons. The first-order valence-corrected chi connectivity index (χ1v) is 9.68. The van der Waals surface area contributed by atoms with E-state index in [1.807, 2.05) is 6.20 Å². The summed E-state index contributed by atoms with van der Waals surface area (Å²) in [6.07, 6.45) is 6.14. The molecule has 0 saturated carbocycles. The lowest BCUT2D eigenvalue weighted by molar-refractivity contribution is 0.161. The van der Waals surface area contributed by atoms with Crippen molar-refractivity contribution in [1.29, 1.82) is 0 Å². The molecule has 2 aromatic heterocycles. The average molecular weight is 357 g/mol. The maximum Gasteiger partial charge on any atom is 0.0705 e. The van der Waals surface area contributed by atoms with Crippen LogP contribution in [0.25, 0.3) is 16.5 Å². The van der Waals surface area contributed by atoms with E-state index in [4.69, 9.17) is 9.72 Å². The number of pyridine rings is 2. The van der Waals surface area contributed by atoms with E-state index >= 15 is 0 Å². The van der Waals surface area contributed by atoms with Gasteiger partial charge in [0.2, 0.25) is 0 Å². The second kappa shape index (κ2) is 7.22. The summed E-state index contributed by atoms with van der Waals surface area (Å²) in [5.41, 5.74) is 7.65. The predicted octanol–water partition coefficient (Wildman–Crippen LogP) is 3.99. The molecule has 3 aromatic rings. The van der Waals surface area contributed by atoms with Crippen molar-refractivity contribution in [2.45, 2.75) is 25.9 Å². The fourth-order valence-electron chi connectivity index (χ4n) is 4.09. The van der Waals surface area contributed by atoms with Gasteiger partial charge in [-0.2, -0.15) is 0 Å². The van der Waals surface area contributed by atoms with Crippen molar-refractivity contribution in [3.63, 3.8) is 0 Å². The summed E-state index contributed by atoms with van der Waals surface area (Å²) in [7, 11) is 0. The van der Waals surface area contributed by atoms with E-state index in [-0.39, 0.29) is 0 Å². The summed E-state index contributed by atoms with van der Waals surface area (Å²) >= 11 is 0. The van der Waals surface area contributed by atoms with Gasteiger partial charge in [-0.25, -0.2) is 0 Å². The van der Waals surface area contributed by atoms with Crippen LogP contribution in [-0.2, 0) is 24.2 Å². The number of nitrogens with zero attached hydrogens (tertiary/aromatic N) is 3. The SMILES string of the molecule is C1=C(c2ccnc3c2CN(CCc2ccc4ccccc4n2)C3)CCOC1. The van der Waals surface area contributed by atoms with E-state index in [1.54, 1.807) is 0 Å². The van der Waals surface area contributed by atoms with E-state index in [1.165, 1.54) is 27.8 Å². The highest BCUT2D eigenvalue weighted by atomic mass is 16.5. The topological polar surface area (TPSA) is 38.2 Å². The van der Waals surface area contributed by atoms with Crippen molar-refractivity contribution in [3.8, 4) is 0 Å². The lowest BCUT2D eigenvalue weighted by atomic mass is 9.97. The van der Waals surface area contributed by atoms with Crippen molar-refractivity contribution in [3.05, 3.63) is 77.3 Å². The first-order valence-electron chi connectivity index (χ1n) is 9.68. The third-order valence-corrected chi connectivity index (χ3v) is 5.55. The molecule has 4 nitrogen and oxygen atoms in total. The van der Waals surface area contributed by atoms with Crippen molar-refractivity contribution in [2.75, 3.05) is 19.8 Å². The smallest absolute Gasteiger partial charge is 0.0705 e. The van der Waals surface area contributed by atoms with Crippen LogP contribution in [0.1, 0.15) is 28.9 Å². The van der Waals surface area contributed by atoms with Gasteiger partial charge in [-0.1, -0.05) is 30.3 Å². The Balaban J connectivity index is 1.30. The molecule has 0 saturated heterocycles. The largest absolute Gasteiger partial charge is 0.377 e. The molecule has 5 rings (SSSR count). The van der Waals surface area contributed by atoms with Gasteiger partial charge in [-0.05, 0) is 41.3 Å². The molecule has 1 aromatic carbocycles. The maximum atomic E-state index is 5.47. The second-order valence-corrected chi connectivity index (χ2v) is 7.29. The molecule has 4 heterocycles. The average Bonchev–Trinajstić information content (AvgIpc) is 3.16. The number of fused-ring (bicyclic) bond motifs is 2. The zero-order chi connectivity index (χ0) is 18.1. The monoisotopic (exact) mass is 357 g/mol. The van der Waals surface area contributed by atoms with Crippen LogP contribution in [0.2, 0.25) is 0 Å². The van der Waals surface area contributed by atoms with Gasteiger partial charge in [0.05, 0.1) is 24.4 Å². The molecular weight excluding hydrogens is 334 g/mol. The van der Waals surface area contributed by atoms with Crippen molar-refractivity contribution < 1.29 is 4.74 Å². The molecule has 0 radical (unpaired) electrons. The number of ether oxygens (including phenoxy) is 1. The Bertz CT molecular complexity index is 1010. The first kappa shape index (κ1) is 16.6. The van der Waals surface area contributed by atoms with Gasteiger partial charge in [0.15, 0.2) is 0 Å². The molecule has 0 aliphatic carbocycles. The Morgan fingerprint density at radius 1 is 1.04 bits per heavy atom. The van der Waals surface area contributed by atoms with Crippen molar-refractivity contribution >= 4 is 16.5 Å². The minimum atomic E-state index is 0.726. The van der Waals surface area contributed by atoms with Crippen molar-refractivity contribution in [1.82, 2.24) is 14.9 Å². The molecule has 27 heavy (non-hydrogen) atoms. The molecule has 0 fully saturated rings. The molecule has 0 bridgehead atoms. The summed E-state index contributed by atoms with van der Waals surface area (Å²) in [6, 6.07) is 14.8. The number of rotatable bonds is 4. The Hall–Kier alpha value is -2.56. The lowest BCUT2D eigenvalue weighted by Crippen LogP contribution is -2.20. The minimum absolute atomic E-state index is 0.726. The van der Waals surface area contributed by atoms with Crippen LogP contribution in [0.15, 0.2) is 54.7 Å². The van der Waals surface area contributed by atoms with Gasteiger partial charge in [-0.15, -0.1) is 0 Å². The zero-order valence-electron chi connectivity index (χ0n) is 15.4. The third kappa shape index (κ3) is 3.38. The summed E-state index contributed by atoms with van der Waals surface area (Å²) in [5.74, 6) is 0. The predicted molar refractivity (Wildman–Crippen MR) is 107 cm³/mol. The fourth-order valence-corrected chi connectivity index (χ4v) is 4.09. The summed E-state index contributed by atoms with van der Waals surface area (Å²) in [4.78, 5) is 11.9. The molecule has 4 heteroatoms. The number of hydrogen-bond donors (Lipinski definition) is 0. The number of aromatic nitrogens is 2. The van der Waals surface area contributed by atoms with Gasteiger partial charge in [0.1, 0.15) is 0 Å². The first-order chi connectivity index (χ1) is 13.4. The highest BCUT2D eigenvalue weighted by molar-refractivity contribution is 5.78. The lowest BCUT2D eigenvalue weighted by Gasteiger charge is -2.17. The molecule has 0 spiro atoms. The normalized spacial score (nSPS) is 17.1. The quantitative estimate of drug-likeness (QED) is 0.708. The van der Waals surface area contributed by atoms with Crippen LogP contribution in [0.4, 0.5) is 0 Å².